The second-order valence-corrected chi connectivity index (χ2v) is 7.22. The summed E-state index contributed by atoms with van der Waals surface area (Å²) in [6, 6.07) is 6.37. The van der Waals surface area contributed by atoms with E-state index in [0.29, 0.717) is 35.8 Å². The molecule has 1 saturated carbocycles. The van der Waals surface area contributed by atoms with Gasteiger partial charge >= 0.3 is 6.18 Å². The molecule has 3 heterocycles. The number of ether oxygens (including phenoxy) is 1. The fourth-order valence-corrected chi connectivity index (χ4v) is 3.38. The lowest BCUT2D eigenvalue weighted by atomic mass is 9.92. The fourth-order valence-electron chi connectivity index (χ4n) is 3.38. The lowest BCUT2D eigenvalue weighted by Crippen LogP contribution is -2.39. The highest BCUT2D eigenvalue weighted by atomic mass is 19.4. The van der Waals surface area contributed by atoms with Crippen LogP contribution in [0.2, 0.25) is 0 Å². The highest BCUT2D eigenvalue weighted by Crippen LogP contribution is 2.28. The number of nitrogens with zero attached hydrogens (tertiary/aromatic N) is 5. The van der Waals surface area contributed by atoms with Gasteiger partial charge in [-0.1, -0.05) is 0 Å². The molecular formula is C19H19F3N6O2. The summed E-state index contributed by atoms with van der Waals surface area (Å²) in [7, 11) is 0. The molecule has 0 saturated heterocycles. The number of alkyl halides is 3. The molecule has 0 atom stereocenters. The molecule has 1 aliphatic carbocycles. The number of carbonyl (C=O) groups is 1. The number of amides is 1. The number of aryl methyl sites for hydroxylation is 1. The van der Waals surface area contributed by atoms with E-state index in [1.807, 2.05) is 6.92 Å². The quantitative estimate of drug-likeness (QED) is 0.698. The van der Waals surface area contributed by atoms with Crippen molar-refractivity contribution in [3.8, 4) is 5.88 Å². The van der Waals surface area contributed by atoms with Crippen LogP contribution in [-0.2, 0) is 6.18 Å². The Kier molecular flexibility index (Phi) is 5.27. The number of nitrogens with one attached hydrogen (secondary N) is 1. The van der Waals surface area contributed by atoms with Gasteiger partial charge in [0.1, 0.15) is 6.10 Å². The Labute approximate surface area is 169 Å². The van der Waals surface area contributed by atoms with Gasteiger partial charge in [-0.3, -0.25) is 9.78 Å². The Morgan fingerprint density at radius 2 is 1.90 bits per heavy atom. The molecule has 3 aromatic heterocycles. The lowest BCUT2D eigenvalue weighted by Gasteiger charge is -2.29. The first-order valence-corrected chi connectivity index (χ1v) is 9.49. The second-order valence-electron chi connectivity index (χ2n) is 7.22. The summed E-state index contributed by atoms with van der Waals surface area (Å²) in [5.41, 5.74) is 1.34. The Balaban J connectivity index is 1.34. The van der Waals surface area contributed by atoms with Crippen LogP contribution < -0.4 is 10.1 Å². The first-order chi connectivity index (χ1) is 14.3. The van der Waals surface area contributed by atoms with E-state index in [0.717, 1.165) is 5.69 Å². The van der Waals surface area contributed by atoms with Crippen LogP contribution in [0.4, 0.5) is 13.2 Å². The summed E-state index contributed by atoms with van der Waals surface area (Å²) in [5, 5.41) is 13.5. The van der Waals surface area contributed by atoms with Gasteiger partial charge in [0.2, 0.25) is 5.88 Å². The SMILES string of the molecule is Cc1ccc(C(=O)NC2CCC(Oc3ccc4nnc(C(F)(F)F)n4n3)CC2)cn1. The summed E-state index contributed by atoms with van der Waals surface area (Å²) in [6.45, 7) is 1.85. The van der Waals surface area contributed by atoms with E-state index in [9.17, 15) is 18.0 Å². The number of halogens is 3. The Morgan fingerprint density at radius 3 is 2.57 bits per heavy atom. The van der Waals surface area contributed by atoms with Gasteiger partial charge in [0.15, 0.2) is 5.65 Å². The average molecular weight is 420 g/mol. The standard InChI is InChI=1S/C19H19F3N6O2/c1-11-2-3-12(10-23-11)17(29)24-13-4-6-14(7-5-13)30-16-9-8-15-25-26-18(19(20,21)22)28(15)27-16/h2-3,8-10,13-14H,4-7H2,1H3,(H,24,29). The minimum absolute atomic E-state index is 0.00349. The van der Waals surface area contributed by atoms with E-state index >= 15 is 0 Å². The highest BCUT2D eigenvalue weighted by molar-refractivity contribution is 5.94. The second kappa shape index (κ2) is 7.88. The summed E-state index contributed by atoms with van der Waals surface area (Å²) in [5.74, 6) is -1.29. The molecule has 3 aromatic rings. The lowest BCUT2D eigenvalue weighted by molar-refractivity contribution is -0.146. The van der Waals surface area contributed by atoms with Gasteiger partial charge < -0.3 is 10.1 Å². The summed E-state index contributed by atoms with van der Waals surface area (Å²) < 4.78 is 45.4. The smallest absolute Gasteiger partial charge is 0.453 e. The number of fused-ring (bicyclic) bond motifs is 1. The largest absolute Gasteiger partial charge is 0.473 e. The predicted molar refractivity (Wildman–Crippen MR) is 98.9 cm³/mol. The molecule has 0 unspecified atom stereocenters. The number of pyridine rings is 1. The maximum absolute atomic E-state index is 13.0. The van der Waals surface area contributed by atoms with E-state index in [-0.39, 0.29) is 29.6 Å². The van der Waals surface area contributed by atoms with E-state index < -0.39 is 12.0 Å². The Hall–Kier alpha value is -3.24. The molecule has 0 aliphatic heterocycles. The Bertz CT molecular complexity index is 1040. The maximum Gasteiger partial charge on any atom is 0.453 e. The number of hydrogen-bond acceptors (Lipinski definition) is 6. The first kappa shape index (κ1) is 20.0. The summed E-state index contributed by atoms with van der Waals surface area (Å²) in [6.07, 6.45) is -0.641. The average Bonchev–Trinajstić information content (AvgIpc) is 3.14. The molecule has 0 radical (unpaired) electrons. The van der Waals surface area contributed by atoms with Gasteiger partial charge in [-0.15, -0.1) is 15.3 Å². The minimum atomic E-state index is -4.66. The minimum Gasteiger partial charge on any atom is -0.473 e. The Morgan fingerprint density at radius 1 is 1.13 bits per heavy atom. The topological polar surface area (TPSA) is 94.3 Å². The van der Waals surface area contributed by atoms with Crippen molar-refractivity contribution in [2.45, 2.75) is 50.9 Å². The van der Waals surface area contributed by atoms with Crippen molar-refractivity contribution < 1.29 is 22.7 Å². The van der Waals surface area contributed by atoms with Crippen LogP contribution in [0.25, 0.3) is 5.65 Å². The molecule has 1 N–H and O–H groups in total. The zero-order valence-electron chi connectivity index (χ0n) is 16.1. The van der Waals surface area contributed by atoms with Gasteiger partial charge in [-0.2, -0.15) is 17.7 Å². The van der Waals surface area contributed by atoms with Crippen molar-refractivity contribution in [3.63, 3.8) is 0 Å². The van der Waals surface area contributed by atoms with Crippen molar-refractivity contribution in [2.24, 2.45) is 0 Å². The van der Waals surface area contributed by atoms with Crippen molar-refractivity contribution >= 4 is 11.6 Å². The van der Waals surface area contributed by atoms with Gasteiger partial charge in [0.05, 0.1) is 5.56 Å². The third-order valence-corrected chi connectivity index (χ3v) is 4.96. The van der Waals surface area contributed by atoms with E-state index in [2.05, 4.69) is 25.6 Å². The molecule has 0 bridgehead atoms. The van der Waals surface area contributed by atoms with Gasteiger partial charge in [-0.05, 0) is 50.8 Å². The molecule has 11 heteroatoms. The molecule has 8 nitrogen and oxygen atoms in total. The third kappa shape index (κ3) is 4.34. The van der Waals surface area contributed by atoms with Crippen molar-refractivity contribution in [1.82, 2.24) is 30.1 Å². The van der Waals surface area contributed by atoms with Gasteiger partial charge in [0.25, 0.3) is 11.7 Å². The van der Waals surface area contributed by atoms with Crippen LogP contribution >= 0.6 is 0 Å². The van der Waals surface area contributed by atoms with E-state index in [1.54, 1.807) is 18.3 Å². The molecule has 30 heavy (non-hydrogen) atoms. The monoisotopic (exact) mass is 420 g/mol. The zero-order chi connectivity index (χ0) is 21.3. The fraction of sp³-hybridized carbons (Fsp3) is 0.421. The molecule has 0 spiro atoms. The van der Waals surface area contributed by atoms with Crippen molar-refractivity contribution in [1.29, 1.82) is 0 Å². The van der Waals surface area contributed by atoms with E-state index in [1.165, 1.54) is 12.1 Å². The molecule has 1 amide bonds. The molecule has 0 aromatic carbocycles. The summed E-state index contributed by atoms with van der Waals surface area (Å²) in [4.78, 5) is 16.4. The third-order valence-electron chi connectivity index (χ3n) is 4.96. The van der Waals surface area contributed by atoms with Crippen LogP contribution in [0.5, 0.6) is 5.88 Å². The van der Waals surface area contributed by atoms with Crippen LogP contribution in [0, 0.1) is 6.92 Å². The summed E-state index contributed by atoms with van der Waals surface area (Å²) >= 11 is 0. The van der Waals surface area contributed by atoms with Crippen molar-refractivity contribution in [2.75, 3.05) is 0 Å². The normalized spacial score (nSPS) is 19.6. The van der Waals surface area contributed by atoms with Crippen LogP contribution in [0.3, 0.4) is 0 Å². The predicted octanol–water partition coefficient (Wildman–Crippen LogP) is 2.97. The number of carbonyl (C=O) groups excluding carboxylic acids is 1. The van der Waals surface area contributed by atoms with Crippen LogP contribution in [0.1, 0.15) is 47.6 Å². The molecular weight excluding hydrogens is 401 g/mol. The molecule has 158 valence electrons. The number of hydrogen-bond donors (Lipinski definition) is 1. The molecule has 1 fully saturated rings. The van der Waals surface area contributed by atoms with Crippen molar-refractivity contribution in [3.05, 3.63) is 47.5 Å². The van der Waals surface area contributed by atoms with E-state index in [4.69, 9.17) is 4.74 Å². The molecule has 1 aliphatic rings. The highest BCUT2D eigenvalue weighted by Gasteiger charge is 2.37. The van der Waals surface area contributed by atoms with Gasteiger partial charge in [-0.25, -0.2) is 0 Å². The zero-order valence-corrected chi connectivity index (χ0v) is 16.1. The molecule has 4 rings (SSSR count). The maximum atomic E-state index is 13.0. The van der Waals surface area contributed by atoms with Crippen LogP contribution in [-0.4, -0.2) is 42.8 Å². The number of aromatic nitrogens is 5. The van der Waals surface area contributed by atoms with Gasteiger partial charge in [0, 0.05) is 24.0 Å². The van der Waals surface area contributed by atoms with Crippen LogP contribution in [0.15, 0.2) is 30.5 Å². The first-order valence-electron chi connectivity index (χ1n) is 9.49. The number of rotatable bonds is 4.